The molecule has 0 aliphatic rings. The van der Waals surface area contributed by atoms with Gasteiger partial charge in [0.2, 0.25) is 5.78 Å². The molecule has 2 aromatic carbocycles. The summed E-state index contributed by atoms with van der Waals surface area (Å²) >= 11 is 0. The van der Waals surface area contributed by atoms with Crippen molar-refractivity contribution in [3.63, 3.8) is 0 Å². The van der Waals surface area contributed by atoms with Gasteiger partial charge in [-0.05, 0) is 50.2 Å². The van der Waals surface area contributed by atoms with Gasteiger partial charge < -0.3 is 4.74 Å². The first-order valence-corrected chi connectivity index (χ1v) is 6.57. The summed E-state index contributed by atoms with van der Waals surface area (Å²) in [6, 6.07) is 14.8. The van der Waals surface area contributed by atoms with Crippen LogP contribution in [-0.2, 0) is 0 Å². The standard InChI is InChI=1S/C17H17NO2/c1-3-20-16-10-6-14(7-11-16)17(19)12-18-15-8-4-13(2)5-9-15/h4-12H,3H2,1-2H3. The van der Waals surface area contributed by atoms with E-state index in [0.29, 0.717) is 12.2 Å². The highest BCUT2D eigenvalue weighted by atomic mass is 16.5. The molecule has 0 bridgehead atoms. The minimum Gasteiger partial charge on any atom is -0.494 e. The first kappa shape index (κ1) is 14.0. The second-order valence-electron chi connectivity index (χ2n) is 4.42. The Labute approximate surface area is 118 Å². The van der Waals surface area contributed by atoms with Crippen LogP contribution in [0.4, 0.5) is 5.69 Å². The van der Waals surface area contributed by atoms with Crippen LogP contribution >= 0.6 is 0 Å². The molecule has 0 aliphatic heterocycles. The van der Waals surface area contributed by atoms with Gasteiger partial charge in [0.25, 0.3) is 0 Å². The molecule has 3 nitrogen and oxygen atoms in total. The Kier molecular flexibility index (Phi) is 4.66. The van der Waals surface area contributed by atoms with Gasteiger partial charge in [-0.25, -0.2) is 0 Å². The van der Waals surface area contributed by atoms with Crippen LogP contribution in [-0.4, -0.2) is 18.6 Å². The van der Waals surface area contributed by atoms with Crippen LogP contribution < -0.4 is 4.74 Å². The minimum absolute atomic E-state index is 0.117. The Morgan fingerprint density at radius 1 is 1.10 bits per heavy atom. The number of hydrogen-bond donors (Lipinski definition) is 0. The van der Waals surface area contributed by atoms with Crippen LogP contribution in [0.5, 0.6) is 5.75 Å². The lowest BCUT2D eigenvalue weighted by atomic mass is 10.1. The molecular weight excluding hydrogens is 250 g/mol. The van der Waals surface area contributed by atoms with E-state index in [1.165, 1.54) is 11.8 Å². The number of carbonyl (C=O) groups is 1. The fourth-order valence-corrected chi connectivity index (χ4v) is 1.72. The molecule has 3 heteroatoms. The molecule has 0 spiro atoms. The van der Waals surface area contributed by atoms with Gasteiger partial charge in [0.1, 0.15) is 5.75 Å². The molecule has 102 valence electrons. The molecule has 0 radical (unpaired) electrons. The highest BCUT2D eigenvalue weighted by Crippen LogP contribution is 2.14. The number of Topliss-reactive ketones (excluding diaryl/α,β-unsaturated/α-hetero) is 1. The number of aryl methyl sites for hydroxylation is 1. The van der Waals surface area contributed by atoms with Crippen molar-refractivity contribution in [1.29, 1.82) is 0 Å². The van der Waals surface area contributed by atoms with Gasteiger partial charge in [-0.15, -0.1) is 0 Å². The normalized spacial score (nSPS) is 10.7. The highest BCUT2D eigenvalue weighted by molar-refractivity contribution is 6.35. The summed E-state index contributed by atoms with van der Waals surface area (Å²) in [5.74, 6) is 0.646. The molecule has 0 saturated heterocycles. The van der Waals surface area contributed by atoms with Gasteiger partial charge in [-0.3, -0.25) is 9.79 Å². The van der Waals surface area contributed by atoms with Gasteiger partial charge in [-0.1, -0.05) is 17.7 Å². The monoisotopic (exact) mass is 267 g/mol. The zero-order valence-corrected chi connectivity index (χ0v) is 11.7. The van der Waals surface area contributed by atoms with Crippen molar-refractivity contribution in [3.05, 3.63) is 59.7 Å². The van der Waals surface area contributed by atoms with Gasteiger partial charge >= 0.3 is 0 Å². The lowest BCUT2D eigenvalue weighted by molar-refractivity contribution is 0.107. The van der Waals surface area contributed by atoms with Crippen molar-refractivity contribution in [1.82, 2.24) is 0 Å². The van der Waals surface area contributed by atoms with Crippen LogP contribution in [0, 0.1) is 6.92 Å². The number of ether oxygens (including phenoxy) is 1. The summed E-state index contributed by atoms with van der Waals surface area (Å²) in [6.45, 7) is 4.55. The van der Waals surface area contributed by atoms with Crippen molar-refractivity contribution >= 4 is 17.7 Å². The zero-order chi connectivity index (χ0) is 14.4. The fourth-order valence-electron chi connectivity index (χ4n) is 1.72. The van der Waals surface area contributed by atoms with Crippen LogP contribution in [0.15, 0.2) is 53.5 Å². The summed E-state index contributed by atoms with van der Waals surface area (Å²) in [6.07, 6.45) is 1.35. The van der Waals surface area contributed by atoms with Gasteiger partial charge in [0.05, 0.1) is 18.5 Å². The number of hydrogen-bond acceptors (Lipinski definition) is 3. The Balaban J connectivity index is 2.05. The third-order valence-corrected chi connectivity index (χ3v) is 2.81. The van der Waals surface area contributed by atoms with Gasteiger partial charge in [0.15, 0.2) is 0 Å². The molecule has 2 aromatic rings. The SMILES string of the molecule is CCOc1ccc(C(=O)C=Nc2ccc(C)cc2)cc1. The fraction of sp³-hybridized carbons (Fsp3) is 0.176. The predicted octanol–water partition coefficient (Wildman–Crippen LogP) is 3.98. The van der Waals surface area contributed by atoms with Crippen molar-refractivity contribution in [2.75, 3.05) is 6.61 Å². The van der Waals surface area contributed by atoms with E-state index < -0.39 is 0 Å². The molecule has 0 heterocycles. The topological polar surface area (TPSA) is 38.7 Å². The lowest BCUT2D eigenvalue weighted by Crippen LogP contribution is -2.00. The Hall–Kier alpha value is -2.42. The summed E-state index contributed by atoms with van der Waals surface area (Å²) in [4.78, 5) is 16.1. The Morgan fingerprint density at radius 3 is 2.35 bits per heavy atom. The Bertz CT molecular complexity index is 598. The molecule has 0 fully saturated rings. The van der Waals surface area contributed by atoms with Gasteiger partial charge in [0, 0.05) is 5.56 Å². The molecule has 2 rings (SSSR count). The number of benzene rings is 2. The molecule has 0 saturated carbocycles. The molecule has 0 unspecified atom stereocenters. The number of carbonyl (C=O) groups excluding carboxylic acids is 1. The first-order valence-electron chi connectivity index (χ1n) is 6.57. The molecular formula is C17H17NO2. The van der Waals surface area contributed by atoms with Crippen LogP contribution in [0.2, 0.25) is 0 Å². The largest absolute Gasteiger partial charge is 0.494 e. The first-order chi connectivity index (χ1) is 9.69. The van der Waals surface area contributed by atoms with E-state index in [4.69, 9.17) is 4.74 Å². The van der Waals surface area contributed by atoms with E-state index in [1.807, 2.05) is 38.1 Å². The third-order valence-electron chi connectivity index (χ3n) is 2.81. The maximum Gasteiger partial charge on any atom is 0.204 e. The van der Waals surface area contributed by atoms with Crippen molar-refractivity contribution in [2.45, 2.75) is 13.8 Å². The van der Waals surface area contributed by atoms with E-state index >= 15 is 0 Å². The minimum atomic E-state index is -0.117. The lowest BCUT2D eigenvalue weighted by Gasteiger charge is -2.02. The second kappa shape index (κ2) is 6.66. The molecule has 0 atom stereocenters. The maximum atomic E-state index is 12.0. The number of ketones is 1. The average Bonchev–Trinajstić information content (AvgIpc) is 2.47. The highest BCUT2D eigenvalue weighted by Gasteiger charge is 2.02. The average molecular weight is 267 g/mol. The predicted molar refractivity (Wildman–Crippen MR) is 81.3 cm³/mol. The quantitative estimate of drug-likeness (QED) is 0.607. The Morgan fingerprint density at radius 2 is 1.75 bits per heavy atom. The van der Waals surface area contributed by atoms with Crippen LogP contribution in [0.1, 0.15) is 22.8 Å². The van der Waals surface area contributed by atoms with Crippen molar-refractivity contribution in [3.8, 4) is 5.75 Å². The third kappa shape index (κ3) is 3.79. The molecule has 0 amide bonds. The van der Waals surface area contributed by atoms with E-state index in [9.17, 15) is 4.79 Å². The van der Waals surface area contributed by atoms with Crippen molar-refractivity contribution < 1.29 is 9.53 Å². The second-order valence-corrected chi connectivity index (χ2v) is 4.42. The summed E-state index contributed by atoms with van der Waals surface area (Å²) < 4.78 is 5.34. The molecule has 0 aromatic heterocycles. The maximum absolute atomic E-state index is 12.0. The molecule has 0 aliphatic carbocycles. The molecule has 0 N–H and O–H groups in total. The zero-order valence-electron chi connectivity index (χ0n) is 11.7. The number of aliphatic imine (C=N–C) groups is 1. The summed E-state index contributed by atoms with van der Waals surface area (Å²) in [5, 5.41) is 0. The number of rotatable bonds is 5. The van der Waals surface area contributed by atoms with E-state index in [1.54, 1.807) is 24.3 Å². The summed E-state index contributed by atoms with van der Waals surface area (Å²) in [5.41, 5.74) is 2.54. The molecule has 20 heavy (non-hydrogen) atoms. The van der Waals surface area contributed by atoms with Crippen LogP contribution in [0.25, 0.3) is 0 Å². The summed E-state index contributed by atoms with van der Waals surface area (Å²) in [7, 11) is 0. The van der Waals surface area contributed by atoms with E-state index in [2.05, 4.69) is 4.99 Å². The van der Waals surface area contributed by atoms with E-state index in [0.717, 1.165) is 11.4 Å². The van der Waals surface area contributed by atoms with Gasteiger partial charge in [-0.2, -0.15) is 0 Å². The number of nitrogens with zero attached hydrogens (tertiary/aromatic N) is 1. The van der Waals surface area contributed by atoms with Crippen molar-refractivity contribution in [2.24, 2.45) is 4.99 Å². The van der Waals surface area contributed by atoms with E-state index in [-0.39, 0.29) is 5.78 Å². The smallest absolute Gasteiger partial charge is 0.204 e. The van der Waals surface area contributed by atoms with Crippen LogP contribution in [0.3, 0.4) is 0 Å².